The second-order valence-electron chi connectivity index (χ2n) is 10.7. The van der Waals surface area contributed by atoms with Crippen LogP contribution in [0, 0.1) is 11.8 Å². The molecule has 0 spiro atoms. The van der Waals surface area contributed by atoms with E-state index in [1.54, 1.807) is 0 Å². The lowest BCUT2D eigenvalue weighted by molar-refractivity contribution is -0.138. The van der Waals surface area contributed by atoms with Crippen molar-refractivity contribution in [2.75, 3.05) is 44.7 Å². The maximum Gasteiger partial charge on any atom is 0.323 e. The van der Waals surface area contributed by atoms with E-state index in [9.17, 15) is 23.1 Å². The van der Waals surface area contributed by atoms with Crippen LogP contribution in [0.5, 0.6) is 5.75 Å². The summed E-state index contributed by atoms with van der Waals surface area (Å²) in [7, 11) is -2.69. The highest BCUT2D eigenvalue weighted by Gasteiger charge is 2.31. The Labute approximate surface area is 239 Å². The van der Waals surface area contributed by atoms with Crippen LogP contribution >= 0.6 is 11.3 Å². The van der Waals surface area contributed by atoms with Crippen LogP contribution in [0.1, 0.15) is 60.8 Å². The molecule has 1 aromatic heterocycles. The number of carbonyl (C=O) groups is 2. The molecule has 3 heterocycles. The number of piperidine rings is 2. The fourth-order valence-corrected chi connectivity index (χ4v) is 7.73. The fraction of sp³-hybridized carbons (Fsp3) is 0.593. The van der Waals surface area contributed by atoms with Crippen molar-refractivity contribution in [3.05, 3.63) is 34.8 Å². The molecule has 0 radical (unpaired) electrons. The topological polar surface area (TPSA) is 150 Å². The predicted octanol–water partition coefficient (Wildman–Crippen LogP) is 2.65. The molecule has 2 saturated heterocycles. The van der Waals surface area contributed by atoms with Gasteiger partial charge in [-0.15, -0.1) is 0 Å². The number of carboxylic acids is 1. The molecule has 2 aromatic rings. The Morgan fingerprint density at radius 2 is 1.75 bits per heavy atom. The molecule has 2 aliphatic heterocycles. The van der Waals surface area contributed by atoms with E-state index in [-0.39, 0.29) is 10.8 Å². The number of nitrogens with zero attached hydrogens (tertiary/aromatic N) is 2. The quantitative estimate of drug-likeness (QED) is 0.308. The van der Waals surface area contributed by atoms with Gasteiger partial charge in [-0.3, -0.25) is 9.59 Å². The summed E-state index contributed by atoms with van der Waals surface area (Å²) < 4.78 is 32.7. The van der Waals surface area contributed by atoms with Gasteiger partial charge in [-0.2, -0.15) is 4.72 Å². The number of rotatable bonds is 11. The molecule has 0 bridgehead atoms. The molecule has 0 saturated carbocycles. The molecule has 13 heteroatoms. The van der Waals surface area contributed by atoms with Crippen LogP contribution in [0.15, 0.2) is 29.2 Å². The predicted molar refractivity (Wildman–Crippen MR) is 154 cm³/mol. The highest BCUT2D eigenvalue weighted by molar-refractivity contribution is 7.89. The van der Waals surface area contributed by atoms with E-state index in [0.29, 0.717) is 16.3 Å². The molecule has 1 amide bonds. The third-order valence-corrected chi connectivity index (χ3v) is 10.3. The summed E-state index contributed by atoms with van der Waals surface area (Å²) >= 11 is 1.31. The average Bonchev–Trinajstić information content (AvgIpc) is 3.42. The first-order valence-corrected chi connectivity index (χ1v) is 16.0. The van der Waals surface area contributed by atoms with Crippen molar-refractivity contribution in [1.29, 1.82) is 0 Å². The zero-order valence-corrected chi connectivity index (χ0v) is 24.8. The van der Waals surface area contributed by atoms with Crippen LogP contribution in [0.3, 0.4) is 0 Å². The molecule has 11 nitrogen and oxygen atoms in total. The smallest absolute Gasteiger partial charge is 0.323 e. The summed E-state index contributed by atoms with van der Waals surface area (Å²) in [6.45, 7) is 7.49. The van der Waals surface area contributed by atoms with Crippen LogP contribution in [-0.2, 0) is 14.8 Å². The third kappa shape index (κ3) is 7.31. The molecule has 1 atom stereocenters. The molecule has 40 heavy (non-hydrogen) atoms. The Kier molecular flexibility index (Phi) is 10.0. The normalized spacial score (nSPS) is 18.1. The Morgan fingerprint density at radius 3 is 2.33 bits per heavy atom. The van der Waals surface area contributed by atoms with E-state index in [2.05, 4.69) is 20.3 Å². The molecule has 220 valence electrons. The number of methoxy groups -OCH3 is 1. The zero-order chi connectivity index (χ0) is 28.9. The molecule has 4 N–H and O–H groups in total. The molecule has 0 aliphatic carbocycles. The van der Waals surface area contributed by atoms with Gasteiger partial charge in [0, 0.05) is 19.6 Å². The number of thiazole rings is 1. The first-order chi connectivity index (χ1) is 19.1. The summed E-state index contributed by atoms with van der Waals surface area (Å²) in [5.41, 5.74) is 0.656. The maximum absolute atomic E-state index is 13.2. The summed E-state index contributed by atoms with van der Waals surface area (Å²) in [5.74, 6) is 0.0887. The second kappa shape index (κ2) is 13.3. The Hall–Kier alpha value is -2.74. The number of carboxylic acid groups (broad SMARTS) is 1. The number of ether oxygens (including phenoxy) is 1. The number of anilines is 1. The van der Waals surface area contributed by atoms with Crippen molar-refractivity contribution in [2.24, 2.45) is 11.8 Å². The van der Waals surface area contributed by atoms with Gasteiger partial charge in [0.25, 0.3) is 5.91 Å². The monoisotopic (exact) mass is 593 g/mol. The fourth-order valence-electron chi connectivity index (χ4n) is 5.35. The van der Waals surface area contributed by atoms with Gasteiger partial charge in [-0.05, 0) is 80.8 Å². The van der Waals surface area contributed by atoms with Crippen molar-refractivity contribution in [2.45, 2.75) is 56.4 Å². The van der Waals surface area contributed by atoms with Crippen LogP contribution in [0.25, 0.3) is 0 Å². The van der Waals surface area contributed by atoms with Crippen LogP contribution in [0.4, 0.5) is 5.13 Å². The lowest BCUT2D eigenvalue weighted by atomic mass is 9.79. The lowest BCUT2D eigenvalue weighted by Crippen LogP contribution is -2.48. The summed E-state index contributed by atoms with van der Waals surface area (Å²) in [6.07, 6.45) is 4.68. The molecule has 2 fully saturated rings. The van der Waals surface area contributed by atoms with Crippen LogP contribution < -0.4 is 25.0 Å². The number of benzene rings is 1. The van der Waals surface area contributed by atoms with Crippen molar-refractivity contribution < 1.29 is 27.9 Å². The van der Waals surface area contributed by atoms with Crippen molar-refractivity contribution in [3.63, 3.8) is 0 Å². The second-order valence-corrected chi connectivity index (χ2v) is 13.4. The van der Waals surface area contributed by atoms with E-state index in [4.69, 9.17) is 9.72 Å². The van der Waals surface area contributed by atoms with E-state index >= 15 is 0 Å². The number of hydrogen-bond acceptors (Lipinski definition) is 9. The number of nitrogens with one attached hydrogen (secondary N) is 3. The van der Waals surface area contributed by atoms with Gasteiger partial charge in [0.15, 0.2) is 5.13 Å². The zero-order valence-electron chi connectivity index (χ0n) is 23.2. The Balaban J connectivity index is 1.40. The largest absolute Gasteiger partial charge is 0.497 e. The van der Waals surface area contributed by atoms with E-state index in [1.165, 1.54) is 55.6 Å². The summed E-state index contributed by atoms with van der Waals surface area (Å²) in [5, 5.41) is 16.5. The number of amides is 1. The number of carbonyl (C=O) groups excluding carboxylic acids is 1. The average molecular weight is 594 g/mol. The molecular formula is C27H39N5O6S2. The number of hydrogen-bond donors (Lipinski definition) is 4. The third-order valence-electron chi connectivity index (χ3n) is 7.69. The number of aliphatic carboxylic acids is 1. The number of aromatic nitrogens is 1. The molecule has 2 aliphatic rings. The Bertz CT molecular complexity index is 1270. The van der Waals surface area contributed by atoms with Crippen molar-refractivity contribution in [1.82, 2.24) is 20.3 Å². The van der Waals surface area contributed by atoms with Gasteiger partial charge in [0.2, 0.25) is 10.0 Å². The van der Waals surface area contributed by atoms with E-state index in [1.807, 2.05) is 13.8 Å². The van der Waals surface area contributed by atoms with Crippen LogP contribution in [0.2, 0.25) is 0 Å². The summed E-state index contributed by atoms with van der Waals surface area (Å²) in [4.78, 5) is 32.4. The minimum atomic E-state index is -4.14. The van der Waals surface area contributed by atoms with Gasteiger partial charge in [0.1, 0.15) is 16.7 Å². The minimum Gasteiger partial charge on any atom is -0.497 e. The van der Waals surface area contributed by atoms with Crippen molar-refractivity contribution in [3.8, 4) is 5.75 Å². The van der Waals surface area contributed by atoms with Gasteiger partial charge in [-0.1, -0.05) is 25.2 Å². The van der Waals surface area contributed by atoms with Gasteiger partial charge in [0.05, 0.1) is 17.7 Å². The van der Waals surface area contributed by atoms with Gasteiger partial charge < -0.3 is 25.4 Å². The lowest BCUT2D eigenvalue weighted by Gasteiger charge is -2.37. The molecule has 4 rings (SSSR count). The standard InChI is InChI=1S/C27H39N5O6S2/c1-17(2)23-24(39-27(30-23)32-14-10-19(11-15-32)18-8-12-28-13-9-18)25(33)29-16-22(26(34)35)31-40(36,37)21-6-4-20(38-3)5-7-21/h4-7,17-19,22,28,31H,8-16H2,1-3H3,(H,29,33)(H,34,35). The maximum atomic E-state index is 13.2. The van der Waals surface area contributed by atoms with Crippen molar-refractivity contribution >= 4 is 38.4 Å². The van der Waals surface area contributed by atoms with E-state index in [0.717, 1.165) is 56.0 Å². The molecule has 1 aromatic carbocycles. The SMILES string of the molecule is COc1ccc(S(=O)(=O)NC(CNC(=O)c2sc(N3CCC(C4CCNCC4)CC3)nc2C(C)C)C(=O)O)cc1. The first-order valence-electron chi connectivity index (χ1n) is 13.7. The first kappa shape index (κ1) is 30.2. The summed E-state index contributed by atoms with van der Waals surface area (Å²) in [6, 6.07) is 4.02. The van der Waals surface area contributed by atoms with Gasteiger partial charge >= 0.3 is 5.97 Å². The van der Waals surface area contributed by atoms with E-state index < -0.39 is 34.5 Å². The molecule has 1 unspecified atom stereocenters. The molecular weight excluding hydrogens is 554 g/mol. The highest BCUT2D eigenvalue weighted by atomic mass is 32.2. The number of sulfonamides is 1. The van der Waals surface area contributed by atoms with Gasteiger partial charge in [-0.25, -0.2) is 13.4 Å². The van der Waals surface area contributed by atoms with Crippen LogP contribution in [-0.4, -0.2) is 76.3 Å². The highest BCUT2D eigenvalue weighted by Crippen LogP contribution is 2.36. The Morgan fingerprint density at radius 1 is 1.12 bits per heavy atom. The minimum absolute atomic E-state index is 0.0122.